The molecule has 0 aromatic heterocycles. The molecule has 18 heavy (non-hydrogen) atoms. The third-order valence-electron chi connectivity index (χ3n) is 3.05. The van der Waals surface area contributed by atoms with Gasteiger partial charge in [-0.2, -0.15) is 5.06 Å². The van der Waals surface area contributed by atoms with E-state index < -0.39 is 36.3 Å². The van der Waals surface area contributed by atoms with Gasteiger partial charge in [0, 0.05) is 6.54 Å². The first-order valence-corrected chi connectivity index (χ1v) is 5.34. The van der Waals surface area contributed by atoms with Crippen LogP contribution in [0.3, 0.4) is 0 Å². The molecule has 3 amide bonds. The van der Waals surface area contributed by atoms with Gasteiger partial charge in [0.25, 0.3) is 0 Å². The van der Waals surface area contributed by atoms with Crippen LogP contribution < -0.4 is 5.73 Å². The van der Waals surface area contributed by atoms with Crippen LogP contribution in [0, 0.1) is 0 Å². The lowest BCUT2D eigenvalue weighted by molar-refractivity contribution is -0.223. The van der Waals surface area contributed by atoms with Crippen molar-refractivity contribution in [1.82, 2.24) is 9.96 Å². The van der Waals surface area contributed by atoms with Gasteiger partial charge in [0.1, 0.15) is 6.04 Å². The van der Waals surface area contributed by atoms with Crippen LogP contribution in [0.2, 0.25) is 0 Å². The highest BCUT2D eigenvalue weighted by Gasteiger charge is 2.48. The summed E-state index contributed by atoms with van der Waals surface area (Å²) in [6, 6.07) is -1.93. The monoisotopic (exact) mass is 261 g/mol. The first-order chi connectivity index (χ1) is 8.41. The fraction of sp³-hybridized carbons (Fsp3) is 0.667. The molecule has 0 aromatic rings. The lowest BCUT2D eigenvalue weighted by Gasteiger charge is -2.27. The molecule has 3 atom stereocenters. The van der Waals surface area contributed by atoms with Gasteiger partial charge in [-0.05, 0) is 12.8 Å². The molecule has 8 nitrogen and oxygen atoms in total. The zero-order valence-electron chi connectivity index (χ0n) is 9.28. The number of primary amides is 1. The second-order valence-electron chi connectivity index (χ2n) is 4.17. The number of hydrogen-bond donors (Lipinski definition) is 2. The number of nitrogens with zero attached hydrogens (tertiary/aromatic N) is 2. The van der Waals surface area contributed by atoms with Crippen molar-refractivity contribution in [2.45, 2.75) is 31.3 Å². The van der Waals surface area contributed by atoms with Crippen molar-refractivity contribution in [2.24, 2.45) is 5.73 Å². The quantitative estimate of drug-likeness (QED) is 0.677. The van der Waals surface area contributed by atoms with Gasteiger partial charge in [0.2, 0.25) is 5.91 Å². The molecule has 2 saturated heterocycles. The van der Waals surface area contributed by atoms with Crippen LogP contribution in [0.4, 0.5) is 9.18 Å². The highest BCUT2D eigenvalue weighted by Crippen LogP contribution is 2.30. The van der Waals surface area contributed by atoms with Crippen molar-refractivity contribution in [3.05, 3.63) is 0 Å². The van der Waals surface area contributed by atoms with Crippen LogP contribution in [0.25, 0.3) is 0 Å². The molecule has 0 spiro atoms. The fourth-order valence-corrected chi connectivity index (χ4v) is 2.21. The molecule has 3 N–H and O–H groups in total. The second kappa shape index (κ2) is 4.41. The summed E-state index contributed by atoms with van der Waals surface area (Å²) in [7, 11) is 0. The van der Waals surface area contributed by atoms with Gasteiger partial charge < -0.3 is 15.7 Å². The zero-order valence-corrected chi connectivity index (χ0v) is 9.28. The molecule has 2 fully saturated rings. The average Bonchev–Trinajstić information content (AvgIpc) is 2.54. The van der Waals surface area contributed by atoms with E-state index in [0.717, 1.165) is 0 Å². The summed E-state index contributed by atoms with van der Waals surface area (Å²) in [5.41, 5.74) is 5.15. The van der Waals surface area contributed by atoms with Crippen LogP contribution >= 0.6 is 0 Å². The molecule has 0 aromatic carbocycles. The lowest BCUT2D eigenvalue weighted by Crippen LogP contribution is -2.47. The number of carboxylic acid groups (broad SMARTS) is 1. The second-order valence-corrected chi connectivity index (χ2v) is 4.17. The molecule has 0 saturated carbocycles. The van der Waals surface area contributed by atoms with Crippen LogP contribution in [0.1, 0.15) is 12.8 Å². The minimum atomic E-state index is -2.61. The van der Waals surface area contributed by atoms with E-state index in [1.807, 2.05) is 0 Å². The first kappa shape index (κ1) is 12.6. The van der Waals surface area contributed by atoms with Crippen molar-refractivity contribution in [1.29, 1.82) is 0 Å². The van der Waals surface area contributed by atoms with Crippen LogP contribution in [-0.4, -0.2) is 58.0 Å². The van der Waals surface area contributed by atoms with E-state index in [4.69, 9.17) is 10.8 Å². The largest absolute Gasteiger partial charge is 0.477 e. The van der Waals surface area contributed by atoms with E-state index in [9.17, 15) is 18.8 Å². The number of aliphatic carboxylic acids is 1. The molecule has 2 bridgehead atoms. The summed E-state index contributed by atoms with van der Waals surface area (Å²) < 4.78 is 12.9. The van der Waals surface area contributed by atoms with E-state index >= 15 is 0 Å². The number of halogens is 1. The Labute approximate surface area is 101 Å². The smallest absolute Gasteiger partial charge is 0.368 e. The Hall–Kier alpha value is -1.90. The third kappa shape index (κ3) is 1.96. The van der Waals surface area contributed by atoms with Crippen molar-refractivity contribution in [3.8, 4) is 0 Å². The Bertz CT molecular complexity index is 404. The summed E-state index contributed by atoms with van der Waals surface area (Å²) in [6.45, 7) is 0.179. The van der Waals surface area contributed by atoms with Crippen LogP contribution in [0.5, 0.6) is 0 Å². The topological polar surface area (TPSA) is 113 Å². The van der Waals surface area contributed by atoms with E-state index in [1.165, 1.54) is 4.90 Å². The molecule has 9 heteroatoms. The molecule has 100 valence electrons. The Morgan fingerprint density at radius 3 is 2.72 bits per heavy atom. The maximum atomic E-state index is 12.9. The highest BCUT2D eigenvalue weighted by molar-refractivity contribution is 5.87. The zero-order chi connectivity index (χ0) is 13.4. The standard InChI is InChI=1S/C9H12FN3O5/c10-6(8(15)16)18-13-4-1-2-5(7(11)14)12(3-4)9(13)17/h4-6H,1-3H2,(H2,11,14)(H,15,16). The molecular formula is C9H12FN3O5. The molecule has 3 unspecified atom stereocenters. The Kier molecular flexibility index (Phi) is 3.07. The van der Waals surface area contributed by atoms with Gasteiger partial charge >= 0.3 is 18.4 Å². The number of carbonyl (C=O) groups excluding carboxylic acids is 2. The fourth-order valence-electron chi connectivity index (χ4n) is 2.21. The molecule has 2 rings (SSSR count). The summed E-state index contributed by atoms with van der Waals surface area (Å²) in [6.07, 6.45) is -1.85. The number of nitrogens with two attached hydrogens (primary N) is 1. The van der Waals surface area contributed by atoms with E-state index in [1.54, 1.807) is 0 Å². The summed E-state index contributed by atoms with van der Waals surface area (Å²) in [4.78, 5) is 38.9. The maximum absolute atomic E-state index is 12.9. The number of rotatable bonds is 4. The van der Waals surface area contributed by atoms with E-state index in [2.05, 4.69) is 4.84 Å². The van der Waals surface area contributed by atoms with Crippen molar-refractivity contribution in [3.63, 3.8) is 0 Å². The van der Waals surface area contributed by atoms with Crippen molar-refractivity contribution >= 4 is 17.9 Å². The predicted molar refractivity (Wildman–Crippen MR) is 53.6 cm³/mol. The number of carbonyl (C=O) groups is 3. The highest BCUT2D eigenvalue weighted by atomic mass is 19.1. The molecule has 0 radical (unpaired) electrons. The maximum Gasteiger partial charge on any atom is 0.368 e. The average molecular weight is 261 g/mol. The van der Waals surface area contributed by atoms with Crippen LogP contribution in [-0.2, 0) is 14.4 Å². The predicted octanol–water partition coefficient (Wildman–Crippen LogP) is -0.948. The number of piperidine rings is 1. The molecule has 2 aliphatic rings. The van der Waals surface area contributed by atoms with Gasteiger partial charge in [-0.15, -0.1) is 0 Å². The van der Waals surface area contributed by atoms with Gasteiger partial charge in [-0.1, -0.05) is 0 Å². The molecule has 2 aliphatic heterocycles. The number of fused-ring (bicyclic) bond motifs is 2. The molecule has 2 heterocycles. The van der Waals surface area contributed by atoms with Gasteiger partial charge in [-0.25, -0.2) is 18.8 Å². The van der Waals surface area contributed by atoms with E-state index in [0.29, 0.717) is 17.9 Å². The van der Waals surface area contributed by atoms with Crippen molar-refractivity contribution < 1.29 is 28.7 Å². The SMILES string of the molecule is NC(=O)C1CCC2CN1C(=O)N2OC(F)C(=O)O. The molecular weight excluding hydrogens is 249 g/mol. The first-order valence-electron chi connectivity index (χ1n) is 5.34. The minimum absolute atomic E-state index is 0.179. The Morgan fingerprint density at radius 1 is 1.50 bits per heavy atom. The van der Waals surface area contributed by atoms with Crippen molar-refractivity contribution in [2.75, 3.05) is 6.54 Å². The lowest BCUT2D eigenvalue weighted by atomic mass is 10.0. The number of urea groups is 1. The van der Waals surface area contributed by atoms with Gasteiger partial charge in [-0.3, -0.25) is 4.79 Å². The summed E-state index contributed by atoms with van der Waals surface area (Å²) >= 11 is 0. The normalized spacial score (nSPS) is 28.4. The summed E-state index contributed by atoms with van der Waals surface area (Å²) in [5.74, 6) is -2.45. The van der Waals surface area contributed by atoms with Gasteiger partial charge in [0.15, 0.2) is 0 Å². The Morgan fingerprint density at radius 2 is 2.17 bits per heavy atom. The number of alkyl halides is 1. The van der Waals surface area contributed by atoms with Crippen LogP contribution in [0.15, 0.2) is 0 Å². The number of amides is 3. The number of carboxylic acids is 1. The number of hydrogen-bond acceptors (Lipinski definition) is 4. The number of hydroxylamine groups is 2. The minimum Gasteiger partial charge on any atom is -0.477 e. The summed E-state index contributed by atoms with van der Waals surface area (Å²) in [5, 5.41) is 9.07. The Balaban J connectivity index is 2.10. The molecule has 0 aliphatic carbocycles. The van der Waals surface area contributed by atoms with E-state index in [-0.39, 0.29) is 6.54 Å². The third-order valence-corrected chi connectivity index (χ3v) is 3.05. The van der Waals surface area contributed by atoms with Gasteiger partial charge in [0.05, 0.1) is 6.04 Å².